The standard InChI is InChI=1S/C63H102O29/c1-24(66)17-36(70)87-48-27(4)85-56(50(45(48)79)90-54-44(78)41(75)47(26(3)84-54)88-52-46(80)49(31(68)22-82-52)89-53-42(76)39(73)37(71)25(2)83-53)92-57(81)63-16-15-58(5,6)18-29(63)28-11-12-34-59(7)19-30(67)51(91-55-43(77)40(74)38(72)32(21-64)86-55)60(8,23-65)33(59)13-14-61(34,9)62(28,10)20-35(63)69/h11,24-27,29-35,37-56,64-69,71-80H,12-23H2,1-10H3/t24?,25-,26-,27+,29-,30-,31+,32+,33+,34+,35+,37-,38+,39+,40-,41-,42+,43+,44+,45-,46+,47-,48-,49-,50+,51-,52-,53-,54-,55-,56-,59-,60-,61+,62+,63+/m0/s1. The maximum atomic E-state index is 15.8. The van der Waals surface area contributed by atoms with Crippen LogP contribution in [0, 0.1) is 50.2 Å². The third kappa shape index (κ3) is 12.3. The highest BCUT2D eigenvalue weighted by Crippen LogP contribution is 2.76. The van der Waals surface area contributed by atoms with Crippen molar-refractivity contribution in [2.24, 2.45) is 50.2 Å². The molecule has 92 heavy (non-hydrogen) atoms. The van der Waals surface area contributed by atoms with Gasteiger partial charge < -0.3 is 134 Å². The third-order valence-corrected chi connectivity index (χ3v) is 23.8. The van der Waals surface area contributed by atoms with E-state index in [9.17, 15) is 86.5 Å². The average molecular weight is 1320 g/mol. The van der Waals surface area contributed by atoms with Gasteiger partial charge in [-0.25, -0.2) is 0 Å². The quantitative estimate of drug-likeness (QED) is 0.0435. The third-order valence-electron chi connectivity index (χ3n) is 23.8. The zero-order valence-corrected chi connectivity index (χ0v) is 53.9. The number of aliphatic hydroxyl groups is 16. The molecule has 0 radical (unpaired) electrons. The number of hydrogen-bond acceptors (Lipinski definition) is 29. The minimum atomic E-state index is -2.06. The van der Waals surface area contributed by atoms with Crippen LogP contribution in [0.15, 0.2) is 11.6 Å². The first kappa shape index (κ1) is 72.4. The second kappa shape index (κ2) is 26.7. The van der Waals surface area contributed by atoms with Crippen LogP contribution in [0.1, 0.15) is 127 Å². The van der Waals surface area contributed by atoms with Crippen molar-refractivity contribution in [3.8, 4) is 0 Å². The number of ether oxygens (including phenoxy) is 11. The molecule has 0 amide bonds. The first-order valence-electron chi connectivity index (χ1n) is 32.7. The predicted octanol–water partition coefficient (Wildman–Crippen LogP) is -3.25. The van der Waals surface area contributed by atoms with Gasteiger partial charge in [-0.3, -0.25) is 9.59 Å². The number of aliphatic hydroxyl groups excluding tert-OH is 16. The van der Waals surface area contributed by atoms with E-state index >= 15 is 4.79 Å². The number of esters is 2. The van der Waals surface area contributed by atoms with Crippen LogP contribution in [0.5, 0.6) is 0 Å². The van der Waals surface area contributed by atoms with Crippen molar-refractivity contribution in [1.29, 1.82) is 0 Å². The Kier molecular flexibility index (Phi) is 21.0. The Balaban J connectivity index is 0.898. The van der Waals surface area contributed by atoms with Crippen molar-refractivity contribution >= 4 is 11.9 Å². The van der Waals surface area contributed by atoms with Gasteiger partial charge >= 0.3 is 11.9 Å². The first-order chi connectivity index (χ1) is 42.9. The van der Waals surface area contributed by atoms with E-state index in [1.165, 1.54) is 27.7 Å². The van der Waals surface area contributed by atoms with Gasteiger partial charge in [0.1, 0.15) is 90.9 Å². The van der Waals surface area contributed by atoms with E-state index in [0.29, 0.717) is 32.1 Å². The molecule has 10 rings (SSSR count). The Morgan fingerprint density at radius 2 is 1.16 bits per heavy atom. The monoisotopic (exact) mass is 1320 g/mol. The molecule has 1 unspecified atom stereocenters. The smallest absolute Gasteiger partial charge is 0.317 e. The molecule has 36 atom stereocenters. The summed E-state index contributed by atoms with van der Waals surface area (Å²) in [6, 6.07) is 0. The number of rotatable bonds is 15. The van der Waals surface area contributed by atoms with Gasteiger partial charge in [0, 0.05) is 5.41 Å². The summed E-state index contributed by atoms with van der Waals surface area (Å²) in [6.07, 6.45) is -39.7. The largest absolute Gasteiger partial charge is 0.457 e. The molecule has 528 valence electrons. The topological polar surface area (TPSA) is 459 Å². The van der Waals surface area contributed by atoms with Crippen LogP contribution < -0.4 is 0 Å². The molecule has 5 aliphatic carbocycles. The number of allylic oxidation sites excluding steroid dienone is 2. The molecule has 0 aromatic rings. The van der Waals surface area contributed by atoms with E-state index in [1.807, 2.05) is 6.92 Å². The summed E-state index contributed by atoms with van der Waals surface area (Å²) in [7, 11) is 0. The molecule has 9 fully saturated rings. The predicted molar refractivity (Wildman–Crippen MR) is 310 cm³/mol. The van der Waals surface area contributed by atoms with Crippen LogP contribution >= 0.6 is 0 Å². The fourth-order valence-corrected chi connectivity index (χ4v) is 18.4. The molecular weight excluding hydrogens is 1220 g/mol. The molecule has 4 saturated carbocycles. The van der Waals surface area contributed by atoms with Crippen molar-refractivity contribution in [1.82, 2.24) is 0 Å². The minimum Gasteiger partial charge on any atom is -0.457 e. The van der Waals surface area contributed by atoms with Crippen LogP contribution in [-0.4, -0.2) is 285 Å². The lowest BCUT2D eigenvalue weighted by Gasteiger charge is -2.72. The first-order valence-corrected chi connectivity index (χ1v) is 32.7. The SMILES string of the molecule is CC(O)CC(=O)O[C@@H]1[C@H](O)[C@@H](O[C@@H]2O[C@@H](C)[C@H](O[C@@H]3OC[C@@H](O)[C@H](O[C@@H]4O[C@@H](C)[C@H](O)[C@@H](O)[C@H]4O)[C@H]3O)[C@@H](O)[C@H]2O)[C@H](OC(=O)[C@]23CCC(C)(C)C[C@H]2C2=CC[C@@H]4[C@@]5(C)C[C@H](O)[C@H](O[C@@H]6O[C@H](CO)[C@@H](O)[C@H](O)[C@H]6O)[C@@](C)(CO)[C@@H]5CC[C@@]4(C)[C@]2(C)C[C@H]3O)O[C@@H]1C. The minimum absolute atomic E-state index is 0.0812. The normalized spacial score (nSPS) is 53.9. The average Bonchev–Trinajstić information content (AvgIpc) is 0.671. The summed E-state index contributed by atoms with van der Waals surface area (Å²) >= 11 is 0. The summed E-state index contributed by atoms with van der Waals surface area (Å²) in [5.41, 5.74) is -4.28. The lowest BCUT2D eigenvalue weighted by atomic mass is 9.33. The fraction of sp³-hybridized carbons (Fsp3) is 0.937. The van der Waals surface area contributed by atoms with Crippen LogP contribution in [0.2, 0.25) is 0 Å². The molecule has 0 bridgehead atoms. The van der Waals surface area contributed by atoms with Crippen LogP contribution in [-0.2, 0) is 61.7 Å². The Hall–Kier alpha value is -2.32. The molecule has 16 N–H and O–H groups in total. The summed E-state index contributed by atoms with van der Waals surface area (Å²) < 4.78 is 65.7. The molecule has 10 aliphatic rings. The van der Waals surface area contributed by atoms with Crippen molar-refractivity contribution < 1.29 is 143 Å². The van der Waals surface area contributed by atoms with Gasteiger partial charge in [0.05, 0.1) is 69.0 Å². The second-order valence-corrected chi connectivity index (χ2v) is 30.2. The van der Waals surface area contributed by atoms with E-state index in [0.717, 1.165) is 5.57 Å². The van der Waals surface area contributed by atoms with Crippen LogP contribution in [0.25, 0.3) is 0 Å². The van der Waals surface area contributed by atoms with Gasteiger partial charge in [0.25, 0.3) is 0 Å². The van der Waals surface area contributed by atoms with Gasteiger partial charge in [-0.2, -0.15) is 0 Å². The zero-order chi connectivity index (χ0) is 67.6. The lowest BCUT2D eigenvalue weighted by molar-refractivity contribution is -0.380. The Morgan fingerprint density at radius 1 is 0.576 bits per heavy atom. The number of hydrogen-bond donors (Lipinski definition) is 16. The molecule has 0 aromatic heterocycles. The molecule has 29 nitrogen and oxygen atoms in total. The number of fused-ring (bicyclic) bond motifs is 7. The van der Waals surface area contributed by atoms with Crippen molar-refractivity contribution in [2.45, 2.75) is 299 Å². The lowest BCUT2D eigenvalue weighted by Crippen LogP contribution is -2.70. The highest BCUT2D eigenvalue weighted by Gasteiger charge is 2.73. The summed E-state index contributed by atoms with van der Waals surface area (Å²) in [5, 5.41) is 178. The van der Waals surface area contributed by atoms with E-state index < -0.39 is 243 Å². The summed E-state index contributed by atoms with van der Waals surface area (Å²) in [5.74, 6) is -2.94. The molecule has 5 aliphatic heterocycles. The van der Waals surface area contributed by atoms with Crippen LogP contribution in [0.3, 0.4) is 0 Å². The summed E-state index contributed by atoms with van der Waals surface area (Å²) in [6.45, 7) is 16.4. The van der Waals surface area contributed by atoms with E-state index in [4.69, 9.17) is 52.1 Å². The Bertz CT molecular complexity index is 2620. The van der Waals surface area contributed by atoms with Gasteiger partial charge in [-0.05, 0) is 118 Å². The Morgan fingerprint density at radius 3 is 1.80 bits per heavy atom. The van der Waals surface area contributed by atoms with Crippen molar-refractivity contribution in [3.05, 3.63) is 11.6 Å². The number of carbonyl (C=O) groups is 2. The highest BCUT2D eigenvalue weighted by atomic mass is 16.8. The molecule has 5 heterocycles. The van der Waals surface area contributed by atoms with Gasteiger partial charge in [0.15, 0.2) is 37.4 Å². The highest BCUT2D eigenvalue weighted by molar-refractivity contribution is 5.80. The van der Waals surface area contributed by atoms with Gasteiger partial charge in [-0.15, -0.1) is 0 Å². The van der Waals surface area contributed by atoms with Gasteiger partial charge in [-0.1, -0.05) is 53.2 Å². The van der Waals surface area contributed by atoms with Crippen molar-refractivity contribution in [3.63, 3.8) is 0 Å². The van der Waals surface area contributed by atoms with E-state index in [2.05, 4.69) is 40.7 Å². The van der Waals surface area contributed by atoms with Crippen molar-refractivity contribution in [2.75, 3.05) is 19.8 Å². The molecular formula is C63H102O29. The molecule has 5 saturated heterocycles. The number of carbonyl (C=O) groups excluding carboxylic acids is 2. The van der Waals surface area contributed by atoms with Crippen LogP contribution in [0.4, 0.5) is 0 Å². The second-order valence-electron chi connectivity index (χ2n) is 30.2. The van der Waals surface area contributed by atoms with E-state index in [1.54, 1.807) is 0 Å². The molecule has 29 heteroatoms. The van der Waals surface area contributed by atoms with E-state index in [-0.39, 0.29) is 36.5 Å². The Labute approximate surface area is 534 Å². The maximum Gasteiger partial charge on any atom is 0.317 e. The zero-order valence-electron chi connectivity index (χ0n) is 53.9. The van der Waals surface area contributed by atoms with Gasteiger partial charge in [0.2, 0.25) is 6.29 Å². The molecule has 0 spiro atoms. The fourth-order valence-electron chi connectivity index (χ4n) is 18.4. The summed E-state index contributed by atoms with van der Waals surface area (Å²) in [4.78, 5) is 28.9. The maximum absolute atomic E-state index is 15.8. The molecule has 0 aromatic carbocycles.